The molecule has 3 heterocycles. The first-order valence-electron chi connectivity index (χ1n) is 10.4. The number of phenolic OH excluding ortho intramolecular Hbond substituents is 1. The Balaban J connectivity index is 1.58. The molecule has 0 spiro atoms. The van der Waals surface area contributed by atoms with Gasteiger partial charge in [-0.05, 0) is 58.2 Å². The second-order valence-corrected chi connectivity index (χ2v) is 9.56. The number of hydrogen-bond acceptors (Lipinski definition) is 6. The van der Waals surface area contributed by atoms with Crippen LogP contribution in [0.1, 0.15) is 52.3 Å². The van der Waals surface area contributed by atoms with Gasteiger partial charge in [-0.3, -0.25) is 5.10 Å². The topological polar surface area (TPSA) is 104 Å². The Hall–Kier alpha value is -3.31. The fraction of sp³-hybridized carbons (Fsp3) is 0.435. The van der Waals surface area contributed by atoms with Crippen LogP contribution < -0.4 is 5.32 Å². The summed E-state index contributed by atoms with van der Waals surface area (Å²) in [6.07, 6.45) is 6.83. The Morgan fingerprint density at radius 3 is 2.39 bits per heavy atom. The van der Waals surface area contributed by atoms with E-state index in [0.29, 0.717) is 17.1 Å². The third kappa shape index (κ3) is 4.42. The number of H-pyrrole nitrogens is 1. The maximum Gasteiger partial charge on any atom is 0.271 e. The van der Waals surface area contributed by atoms with Gasteiger partial charge in [-0.2, -0.15) is 5.10 Å². The van der Waals surface area contributed by atoms with Gasteiger partial charge in [0.25, 0.3) is 6.04 Å². The Kier molecular flexibility index (Phi) is 5.23. The Morgan fingerprint density at radius 1 is 1.10 bits per heavy atom. The number of rotatable bonds is 4. The molecule has 8 heteroatoms. The van der Waals surface area contributed by atoms with Crippen LogP contribution in [0.2, 0.25) is 0 Å². The normalized spacial score (nSPS) is 18.9. The molecule has 4 rings (SSSR count). The number of nitrogens with one attached hydrogen (secondary N) is 2. The van der Waals surface area contributed by atoms with Crippen LogP contribution in [-0.2, 0) is 0 Å². The summed E-state index contributed by atoms with van der Waals surface area (Å²) in [5.74, 6) is 0.555. The molecule has 0 amide bonds. The first-order chi connectivity index (χ1) is 14.7. The summed E-state index contributed by atoms with van der Waals surface area (Å²) in [7, 11) is 0. The lowest BCUT2D eigenvalue weighted by Crippen LogP contribution is -2.58. The van der Waals surface area contributed by atoms with Crippen LogP contribution in [0.15, 0.2) is 36.8 Å². The molecule has 3 N–H and O–H groups in total. The van der Waals surface area contributed by atoms with Gasteiger partial charge in [-0.25, -0.2) is 11.6 Å². The molecule has 1 fully saturated rings. The summed E-state index contributed by atoms with van der Waals surface area (Å²) in [6.45, 7) is 16.5. The van der Waals surface area contributed by atoms with E-state index in [9.17, 15) is 5.11 Å². The fourth-order valence-electron chi connectivity index (χ4n) is 4.89. The van der Waals surface area contributed by atoms with Gasteiger partial charge in [0.15, 0.2) is 11.5 Å². The minimum Gasteiger partial charge on any atom is -0.507 e. The summed E-state index contributed by atoms with van der Waals surface area (Å²) in [5, 5.41) is 29.4. The van der Waals surface area contributed by atoms with Crippen molar-refractivity contribution >= 4 is 0 Å². The minimum absolute atomic E-state index is 0.0569. The quantitative estimate of drug-likeness (QED) is 0.551. The van der Waals surface area contributed by atoms with Gasteiger partial charge in [-0.1, -0.05) is 6.07 Å². The molecule has 1 aliphatic rings. The van der Waals surface area contributed by atoms with Crippen LogP contribution >= 0.6 is 0 Å². The van der Waals surface area contributed by atoms with Crippen molar-refractivity contribution in [2.24, 2.45) is 5.92 Å². The van der Waals surface area contributed by atoms with Crippen LogP contribution in [0.5, 0.6) is 5.75 Å². The molecule has 0 bridgehead atoms. The summed E-state index contributed by atoms with van der Waals surface area (Å²) in [6, 6.07) is 4.89. The van der Waals surface area contributed by atoms with E-state index in [1.165, 1.54) is 0 Å². The highest BCUT2D eigenvalue weighted by molar-refractivity contribution is 5.72. The number of piperidine rings is 1. The highest BCUT2D eigenvalue weighted by Crippen LogP contribution is 2.41. The van der Waals surface area contributed by atoms with Crippen LogP contribution in [-0.4, -0.2) is 41.6 Å². The number of nitrogens with zero attached hydrogens (tertiary/aromatic N) is 5. The van der Waals surface area contributed by atoms with Gasteiger partial charge < -0.3 is 15.3 Å². The monoisotopic (exact) mass is 417 g/mol. The van der Waals surface area contributed by atoms with E-state index in [0.717, 1.165) is 24.0 Å². The van der Waals surface area contributed by atoms with Gasteiger partial charge in [0.05, 0.1) is 18.0 Å². The molecule has 8 nitrogen and oxygen atoms in total. The molecule has 1 saturated heterocycles. The Morgan fingerprint density at radius 2 is 1.84 bits per heavy atom. The van der Waals surface area contributed by atoms with Crippen LogP contribution in [0.3, 0.4) is 0 Å². The number of aromatic hydroxyl groups is 1. The van der Waals surface area contributed by atoms with Gasteiger partial charge in [0, 0.05) is 28.8 Å². The van der Waals surface area contributed by atoms with Gasteiger partial charge in [-0.15, -0.1) is 10.2 Å². The van der Waals surface area contributed by atoms with E-state index in [2.05, 4.69) is 63.2 Å². The molecule has 1 atom stereocenters. The smallest absolute Gasteiger partial charge is 0.271 e. The van der Waals surface area contributed by atoms with E-state index in [1.807, 2.05) is 6.07 Å². The van der Waals surface area contributed by atoms with Crippen molar-refractivity contribution in [1.82, 2.24) is 30.7 Å². The Labute approximate surface area is 182 Å². The zero-order chi connectivity index (χ0) is 22.2. The standard InChI is InChI=1S/C23H27N7O/c1-22(2)9-15(10-23(3,4)30-22)20(24-5)18-13-25-21(29-28-18)17-7-6-14(8-19(17)31)16-11-26-27-12-16/h6-8,11-13,15,20,30-31H,9-10H2,1-4H3,(H,26,27). The van der Waals surface area contributed by atoms with E-state index < -0.39 is 6.04 Å². The molecule has 2 aromatic heterocycles. The second kappa shape index (κ2) is 7.75. The highest BCUT2D eigenvalue weighted by atomic mass is 16.3. The lowest BCUT2D eigenvalue weighted by Gasteiger charge is -2.46. The lowest BCUT2D eigenvalue weighted by atomic mass is 9.72. The van der Waals surface area contributed by atoms with E-state index in [4.69, 9.17) is 6.57 Å². The molecule has 1 aliphatic heterocycles. The van der Waals surface area contributed by atoms with E-state index >= 15 is 0 Å². The maximum absolute atomic E-state index is 10.5. The van der Waals surface area contributed by atoms with E-state index in [1.54, 1.807) is 30.7 Å². The van der Waals surface area contributed by atoms with Crippen molar-refractivity contribution in [3.05, 3.63) is 53.9 Å². The first-order valence-corrected chi connectivity index (χ1v) is 10.4. The first kappa shape index (κ1) is 20.9. The zero-order valence-corrected chi connectivity index (χ0v) is 18.2. The summed E-state index contributed by atoms with van der Waals surface area (Å²) >= 11 is 0. The average molecular weight is 418 g/mol. The molecule has 1 aromatic carbocycles. The second-order valence-electron chi connectivity index (χ2n) is 9.56. The Bertz CT molecular complexity index is 1080. The summed E-state index contributed by atoms with van der Waals surface area (Å²) in [5.41, 5.74) is 2.67. The molecule has 0 aliphatic carbocycles. The average Bonchev–Trinajstić information content (AvgIpc) is 3.22. The predicted octanol–water partition coefficient (Wildman–Crippen LogP) is 4.15. The SMILES string of the molecule is [C-]#[N+]C(c1cnc(-c2ccc(-c3cn[nH]c3)cc2O)nn1)C1CC(C)(C)NC(C)(C)C1. The number of phenols is 1. The number of hydrogen-bond donors (Lipinski definition) is 3. The van der Waals surface area contributed by atoms with Crippen LogP contribution in [0.25, 0.3) is 27.4 Å². The van der Waals surface area contributed by atoms with Gasteiger partial charge in [0.1, 0.15) is 5.75 Å². The number of aromatic amines is 1. The van der Waals surface area contributed by atoms with Gasteiger partial charge >= 0.3 is 0 Å². The van der Waals surface area contributed by atoms with Gasteiger partial charge in [0.2, 0.25) is 0 Å². The van der Waals surface area contributed by atoms with Crippen molar-refractivity contribution < 1.29 is 5.11 Å². The summed E-state index contributed by atoms with van der Waals surface area (Å²) < 4.78 is 0. The largest absolute Gasteiger partial charge is 0.507 e. The molecule has 1 unspecified atom stereocenters. The lowest BCUT2D eigenvalue weighted by molar-refractivity contribution is 0.119. The number of benzene rings is 1. The molecule has 0 radical (unpaired) electrons. The molecule has 31 heavy (non-hydrogen) atoms. The van der Waals surface area contributed by atoms with Crippen LogP contribution in [0, 0.1) is 12.5 Å². The third-order valence-electron chi connectivity index (χ3n) is 5.76. The van der Waals surface area contributed by atoms with E-state index in [-0.39, 0.29) is 22.7 Å². The van der Waals surface area contributed by atoms with Crippen molar-refractivity contribution in [2.75, 3.05) is 0 Å². The molecule has 3 aromatic rings. The van der Waals surface area contributed by atoms with Crippen molar-refractivity contribution in [3.63, 3.8) is 0 Å². The number of aromatic nitrogens is 5. The maximum atomic E-state index is 10.5. The molecular formula is C23H27N7O. The predicted molar refractivity (Wildman–Crippen MR) is 118 cm³/mol. The van der Waals surface area contributed by atoms with Crippen molar-refractivity contribution in [2.45, 2.75) is 57.7 Å². The molecule has 0 saturated carbocycles. The fourth-order valence-corrected chi connectivity index (χ4v) is 4.89. The summed E-state index contributed by atoms with van der Waals surface area (Å²) in [4.78, 5) is 8.32. The van der Waals surface area contributed by atoms with Crippen LogP contribution in [0.4, 0.5) is 0 Å². The highest BCUT2D eigenvalue weighted by Gasteiger charge is 2.44. The molecular weight excluding hydrogens is 390 g/mol. The van der Waals surface area contributed by atoms with Crippen molar-refractivity contribution in [1.29, 1.82) is 0 Å². The minimum atomic E-state index is -0.397. The third-order valence-corrected chi connectivity index (χ3v) is 5.76. The zero-order valence-electron chi connectivity index (χ0n) is 18.2. The van der Waals surface area contributed by atoms with Crippen molar-refractivity contribution in [3.8, 4) is 28.3 Å². The molecule has 160 valence electrons.